The molecule has 4 atom stereocenters. The molecule has 18 heavy (non-hydrogen) atoms. The maximum atomic E-state index is 6.47. The van der Waals surface area contributed by atoms with Crippen LogP contribution in [0, 0.1) is 23.2 Å². The van der Waals surface area contributed by atoms with Crippen molar-refractivity contribution in [2.75, 3.05) is 0 Å². The first-order valence-corrected chi connectivity index (χ1v) is 7.68. The van der Waals surface area contributed by atoms with Gasteiger partial charge in [-0.3, -0.25) is 0 Å². The summed E-state index contributed by atoms with van der Waals surface area (Å²) in [5.41, 5.74) is 6.46. The fraction of sp³-hybridized carbons (Fsp3) is 0.882. The zero-order valence-corrected chi connectivity index (χ0v) is 13.1. The van der Waals surface area contributed by atoms with Gasteiger partial charge in [-0.15, -0.1) is 6.58 Å². The quantitative estimate of drug-likeness (QED) is 0.700. The molecular weight excluding hydrogens is 218 g/mol. The average Bonchev–Trinajstić information content (AvgIpc) is 2.30. The average molecular weight is 251 g/mol. The van der Waals surface area contributed by atoms with Gasteiger partial charge in [-0.25, -0.2) is 0 Å². The second-order valence-electron chi connectivity index (χ2n) is 7.35. The predicted octanol–water partition coefficient (Wildman–Crippen LogP) is 4.77. The largest absolute Gasteiger partial charge is 0.322 e. The van der Waals surface area contributed by atoms with E-state index in [1.165, 1.54) is 32.1 Å². The monoisotopic (exact) mass is 251 g/mol. The lowest BCUT2D eigenvalue weighted by Crippen LogP contribution is -2.53. The standard InChI is InChI=1S/C17H33N/c1-7-14-12-16(5,17(6,18)8-2)10-9-15(14)11-13(3)4/h8,13-15H,2,7,9-12,18H2,1,3-6H3. The first kappa shape index (κ1) is 15.8. The highest BCUT2D eigenvalue weighted by Crippen LogP contribution is 2.50. The van der Waals surface area contributed by atoms with Crippen molar-refractivity contribution in [3.8, 4) is 0 Å². The first-order chi connectivity index (χ1) is 8.25. The molecule has 0 aromatic carbocycles. The first-order valence-electron chi connectivity index (χ1n) is 7.68. The molecule has 0 heterocycles. The molecule has 106 valence electrons. The summed E-state index contributed by atoms with van der Waals surface area (Å²) in [7, 11) is 0. The van der Waals surface area contributed by atoms with Gasteiger partial charge in [-0.05, 0) is 55.8 Å². The van der Waals surface area contributed by atoms with Gasteiger partial charge in [-0.1, -0.05) is 40.2 Å². The summed E-state index contributed by atoms with van der Waals surface area (Å²) in [6.07, 6.45) is 8.49. The number of hydrogen-bond donors (Lipinski definition) is 1. The van der Waals surface area contributed by atoms with Gasteiger partial charge >= 0.3 is 0 Å². The van der Waals surface area contributed by atoms with Gasteiger partial charge < -0.3 is 5.73 Å². The Morgan fingerprint density at radius 2 is 2.06 bits per heavy atom. The molecule has 1 saturated carbocycles. The van der Waals surface area contributed by atoms with Gasteiger partial charge in [0.15, 0.2) is 0 Å². The van der Waals surface area contributed by atoms with Gasteiger partial charge in [0.1, 0.15) is 0 Å². The third-order valence-corrected chi connectivity index (χ3v) is 5.47. The molecule has 4 unspecified atom stereocenters. The van der Waals surface area contributed by atoms with Crippen LogP contribution in [0.1, 0.15) is 66.7 Å². The zero-order valence-electron chi connectivity index (χ0n) is 13.1. The fourth-order valence-corrected chi connectivity index (χ4v) is 3.72. The molecule has 0 saturated heterocycles. The van der Waals surface area contributed by atoms with E-state index < -0.39 is 0 Å². The SMILES string of the molecule is C=CC(C)(N)C1(C)CCC(CC(C)C)C(CC)C1. The molecular formula is C17H33N. The minimum Gasteiger partial charge on any atom is -0.322 e. The van der Waals surface area contributed by atoms with Gasteiger partial charge in [0.05, 0.1) is 0 Å². The zero-order chi connectivity index (χ0) is 14.0. The lowest BCUT2D eigenvalue weighted by atomic mass is 9.57. The van der Waals surface area contributed by atoms with Gasteiger partial charge in [0, 0.05) is 5.54 Å². The second kappa shape index (κ2) is 5.77. The third kappa shape index (κ3) is 3.17. The van der Waals surface area contributed by atoms with E-state index in [1.54, 1.807) is 0 Å². The van der Waals surface area contributed by atoms with Crippen LogP contribution in [0.3, 0.4) is 0 Å². The van der Waals surface area contributed by atoms with Crippen molar-refractivity contribution in [3.63, 3.8) is 0 Å². The van der Waals surface area contributed by atoms with E-state index in [-0.39, 0.29) is 11.0 Å². The molecule has 0 aromatic rings. The maximum absolute atomic E-state index is 6.47. The van der Waals surface area contributed by atoms with Crippen molar-refractivity contribution in [1.82, 2.24) is 0 Å². The summed E-state index contributed by atoms with van der Waals surface area (Å²) in [6.45, 7) is 15.5. The Hall–Kier alpha value is -0.300. The summed E-state index contributed by atoms with van der Waals surface area (Å²) in [5.74, 6) is 2.56. The second-order valence-corrected chi connectivity index (χ2v) is 7.35. The Morgan fingerprint density at radius 1 is 1.44 bits per heavy atom. The van der Waals surface area contributed by atoms with E-state index in [0.717, 1.165) is 17.8 Å². The van der Waals surface area contributed by atoms with Crippen molar-refractivity contribution >= 4 is 0 Å². The van der Waals surface area contributed by atoms with E-state index in [4.69, 9.17) is 5.73 Å². The highest BCUT2D eigenvalue weighted by atomic mass is 14.8. The van der Waals surface area contributed by atoms with Crippen molar-refractivity contribution < 1.29 is 0 Å². The van der Waals surface area contributed by atoms with Crippen molar-refractivity contribution in [2.24, 2.45) is 28.9 Å². The molecule has 1 fully saturated rings. The maximum Gasteiger partial charge on any atom is 0.0362 e. The van der Waals surface area contributed by atoms with E-state index >= 15 is 0 Å². The number of nitrogens with two attached hydrogens (primary N) is 1. The number of hydrogen-bond acceptors (Lipinski definition) is 1. The summed E-state index contributed by atoms with van der Waals surface area (Å²) < 4.78 is 0. The van der Waals surface area contributed by atoms with Crippen molar-refractivity contribution in [2.45, 2.75) is 72.3 Å². The smallest absolute Gasteiger partial charge is 0.0362 e. The molecule has 0 radical (unpaired) electrons. The molecule has 0 bridgehead atoms. The molecule has 0 aliphatic heterocycles. The van der Waals surface area contributed by atoms with Gasteiger partial charge in [-0.2, -0.15) is 0 Å². The Balaban J connectivity index is 2.80. The van der Waals surface area contributed by atoms with E-state index in [2.05, 4.69) is 41.2 Å². The summed E-state index contributed by atoms with van der Waals surface area (Å²) in [4.78, 5) is 0. The molecule has 1 heteroatoms. The molecule has 1 aliphatic carbocycles. The normalized spacial score (nSPS) is 36.4. The van der Waals surface area contributed by atoms with Crippen LogP contribution in [0.2, 0.25) is 0 Å². The van der Waals surface area contributed by atoms with E-state index in [9.17, 15) is 0 Å². The molecule has 1 rings (SSSR count). The Kier molecular flexibility index (Phi) is 5.05. The lowest BCUT2D eigenvalue weighted by Gasteiger charge is -2.50. The highest BCUT2D eigenvalue weighted by molar-refractivity contribution is 5.10. The van der Waals surface area contributed by atoms with Crippen LogP contribution in [0.25, 0.3) is 0 Å². The van der Waals surface area contributed by atoms with Crippen molar-refractivity contribution in [1.29, 1.82) is 0 Å². The van der Waals surface area contributed by atoms with Crippen LogP contribution in [0.15, 0.2) is 12.7 Å². The summed E-state index contributed by atoms with van der Waals surface area (Å²) in [6, 6.07) is 0. The minimum atomic E-state index is -0.233. The Labute approximate surface area is 114 Å². The molecule has 1 aliphatic rings. The van der Waals surface area contributed by atoms with Crippen LogP contribution in [-0.4, -0.2) is 5.54 Å². The molecule has 0 aromatic heterocycles. The van der Waals surface area contributed by atoms with Crippen molar-refractivity contribution in [3.05, 3.63) is 12.7 Å². The fourth-order valence-electron chi connectivity index (χ4n) is 3.72. The van der Waals surface area contributed by atoms with E-state index in [1.807, 2.05) is 6.08 Å². The van der Waals surface area contributed by atoms with Crippen LogP contribution < -0.4 is 5.73 Å². The Bertz CT molecular complexity index is 279. The summed E-state index contributed by atoms with van der Waals surface area (Å²) in [5, 5.41) is 0. The Morgan fingerprint density at radius 3 is 2.50 bits per heavy atom. The van der Waals surface area contributed by atoms with Crippen LogP contribution in [0.4, 0.5) is 0 Å². The molecule has 0 spiro atoms. The van der Waals surface area contributed by atoms with Crippen LogP contribution in [0.5, 0.6) is 0 Å². The van der Waals surface area contributed by atoms with E-state index in [0.29, 0.717) is 0 Å². The highest BCUT2D eigenvalue weighted by Gasteiger charge is 2.45. The topological polar surface area (TPSA) is 26.0 Å². The lowest BCUT2D eigenvalue weighted by molar-refractivity contribution is 0.0456. The van der Waals surface area contributed by atoms with Gasteiger partial charge in [0.2, 0.25) is 0 Å². The van der Waals surface area contributed by atoms with Crippen LogP contribution >= 0.6 is 0 Å². The molecule has 1 nitrogen and oxygen atoms in total. The predicted molar refractivity (Wildman–Crippen MR) is 81.5 cm³/mol. The summed E-state index contributed by atoms with van der Waals surface area (Å²) >= 11 is 0. The van der Waals surface area contributed by atoms with Crippen LogP contribution in [-0.2, 0) is 0 Å². The molecule has 0 amide bonds. The van der Waals surface area contributed by atoms with Gasteiger partial charge in [0.25, 0.3) is 0 Å². The number of rotatable bonds is 5. The minimum absolute atomic E-state index is 0.225. The third-order valence-electron chi connectivity index (χ3n) is 5.47. The molecule has 2 N–H and O–H groups in total.